The van der Waals surface area contributed by atoms with Crippen LogP contribution >= 0.6 is 0 Å². The Labute approximate surface area is 99.8 Å². The average molecular weight is 238 g/mol. The van der Waals surface area contributed by atoms with Crippen LogP contribution in [0.2, 0.25) is 0 Å². The Morgan fingerprint density at radius 3 is 3.06 bits per heavy atom. The van der Waals surface area contributed by atoms with Crippen molar-refractivity contribution in [2.24, 2.45) is 0 Å². The Balaban J connectivity index is 2.15. The number of aromatic nitrogens is 2. The molecule has 0 saturated carbocycles. The molecule has 1 atom stereocenters. The Bertz CT molecular complexity index is 391. The van der Waals surface area contributed by atoms with Gasteiger partial charge in [0.25, 0.3) is 5.91 Å². The number of likely N-dealkylation sites (tertiary alicyclic amines) is 1. The van der Waals surface area contributed by atoms with Gasteiger partial charge in [0, 0.05) is 12.6 Å². The molecule has 94 valence electrons. The molecule has 2 rings (SSSR count). The van der Waals surface area contributed by atoms with Gasteiger partial charge >= 0.3 is 0 Å². The fourth-order valence-corrected chi connectivity index (χ4v) is 2.24. The van der Waals surface area contributed by atoms with E-state index in [-0.39, 0.29) is 18.6 Å². The molecule has 6 heteroatoms. The number of nitrogens with zero attached hydrogens (tertiary/aromatic N) is 2. The Hall–Kier alpha value is -1.56. The van der Waals surface area contributed by atoms with Crippen LogP contribution in [0.15, 0.2) is 6.07 Å². The quantitative estimate of drug-likeness (QED) is 0.693. The lowest BCUT2D eigenvalue weighted by molar-refractivity contribution is 0.0594. The number of nitrogens with two attached hydrogens (primary N) is 1. The number of carbonyl (C=O) groups excluding carboxylic acids is 1. The van der Waals surface area contributed by atoms with Crippen molar-refractivity contribution in [3.63, 3.8) is 0 Å². The van der Waals surface area contributed by atoms with E-state index in [1.54, 1.807) is 4.90 Å². The lowest BCUT2D eigenvalue weighted by Crippen LogP contribution is -2.42. The van der Waals surface area contributed by atoms with E-state index in [1.807, 2.05) is 0 Å². The summed E-state index contributed by atoms with van der Waals surface area (Å²) in [5.74, 6) is 0.180. The molecule has 6 nitrogen and oxygen atoms in total. The zero-order valence-electron chi connectivity index (χ0n) is 9.72. The van der Waals surface area contributed by atoms with Crippen molar-refractivity contribution in [2.45, 2.75) is 31.7 Å². The maximum absolute atomic E-state index is 12.2. The normalized spacial score (nSPS) is 21.2. The number of aliphatic hydroxyl groups excluding tert-OH is 1. The molecular weight excluding hydrogens is 220 g/mol. The number of carbonyl (C=O) groups is 1. The van der Waals surface area contributed by atoms with Gasteiger partial charge in [-0.3, -0.25) is 9.89 Å². The molecule has 2 heterocycles. The number of aliphatic hydroxyl groups is 1. The van der Waals surface area contributed by atoms with E-state index in [0.717, 1.165) is 25.7 Å². The van der Waals surface area contributed by atoms with E-state index in [2.05, 4.69) is 10.2 Å². The summed E-state index contributed by atoms with van der Waals surface area (Å²) in [5.41, 5.74) is 5.87. The molecule has 0 spiro atoms. The number of hydrogen-bond donors (Lipinski definition) is 3. The first kappa shape index (κ1) is 11.9. The van der Waals surface area contributed by atoms with Crippen molar-refractivity contribution in [1.29, 1.82) is 0 Å². The van der Waals surface area contributed by atoms with E-state index in [9.17, 15) is 9.90 Å². The van der Waals surface area contributed by atoms with E-state index < -0.39 is 0 Å². The zero-order valence-corrected chi connectivity index (χ0v) is 9.72. The molecule has 1 unspecified atom stereocenters. The second-order valence-electron chi connectivity index (χ2n) is 4.39. The van der Waals surface area contributed by atoms with Crippen LogP contribution in [0.1, 0.15) is 36.2 Å². The van der Waals surface area contributed by atoms with Gasteiger partial charge < -0.3 is 15.7 Å². The number of amides is 1. The third kappa shape index (κ3) is 2.58. The van der Waals surface area contributed by atoms with Gasteiger partial charge in [-0.2, -0.15) is 5.10 Å². The summed E-state index contributed by atoms with van der Waals surface area (Å²) >= 11 is 0. The summed E-state index contributed by atoms with van der Waals surface area (Å²) in [6.07, 6.45) is 3.99. The SMILES string of the molecule is Nc1cc(C(=O)N2CCCCCC2CO)[nH]n1. The number of H-pyrrole nitrogens is 1. The van der Waals surface area contributed by atoms with E-state index >= 15 is 0 Å². The van der Waals surface area contributed by atoms with E-state index in [0.29, 0.717) is 18.1 Å². The largest absolute Gasteiger partial charge is 0.394 e. The number of nitrogens with one attached hydrogen (secondary N) is 1. The minimum absolute atomic E-state index is 0.00929. The molecule has 1 amide bonds. The van der Waals surface area contributed by atoms with Gasteiger partial charge in [0.15, 0.2) is 0 Å². The van der Waals surface area contributed by atoms with Crippen LogP contribution < -0.4 is 5.73 Å². The maximum atomic E-state index is 12.2. The van der Waals surface area contributed by atoms with Gasteiger partial charge in [0.2, 0.25) is 0 Å². The molecule has 1 saturated heterocycles. The van der Waals surface area contributed by atoms with Gasteiger partial charge in [-0.1, -0.05) is 12.8 Å². The van der Waals surface area contributed by atoms with Crippen LogP contribution in [0.4, 0.5) is 5.82 Å². The van der Waals surface area contributed by atoms with Crippen LogP contribution in [-0.4, -0.2) is 45.3 Å². The summed E-state index contributed by atoms with van der Waals surface area (Å²) < 4.78 is 0. The summed E-state index contributed by atoms with van der Waals surface area (Å²) in [6, 6.07) is 1.44. The molecule has 0 radical (unpaired) electrons. The molecule has 1 aromatic rings. The zero-order chi connectivity index (χ0) is 12.3. The fraction of sp³-hybridized carbons (Fsp3) is 0.636. The van der Waals surface area contributed by atoms with Crippen molar-refractivity contribution in [3.05, 3.63) is 11.8 Å². The number of hydrogen-bond acceptors (Lipinski definition) is 4. The lowest BCUT2D eigenvalue weighted by Gasteiger charge is -2.28. The van der Waals surface area contributed by atoms with Gasteiger partial charge in [-0.15, -0.1) is 0 Å². The first-order chi connectivity index (χ1) is 8.22. The van der Waals surface area contributed by atoms with Crippen LogP contribution in [0.3, 0.4) is 0 Å². The fourth-order valence-electron chi connectivity index (χ4n) is 2.24. The molecule has 1 aromatic heterocycles. The minimum atomic E-state index is -0.129. The van der Waals surface area contributed by atoms with Crippen molar-refractivity contribution in [3.8, 4) is 0 Å². The molecule has 1 aliphatic rings. The summed E-state index contributed by atoms with van der Waals surface area (Å²) in [6.45, 7) is 0.693. The first-order valence-corrected chi connectivity index (χ1v) is 5.95. The highest BCUT2D eigenvalue weighted by Crippen LogP contribution is 2.18. The van der Waals surface area contributed by atoms with Crippen LogP contribution in [-0.2, 0) is 0 Å². The third-order valence-electron chi connectivity index (χ3n) is 3.18. The Morgan fingerprint density at radius 2 is 2.41 bits per heavy atom. The third-order valence-corrected chi connectivity index (χ3v) is 3.18. The van der Waals surface area contributed by atoms with Gasteiger partial charge in [-0.05, 0) is 12.8 Å². The topological polar surface area (TPSA) is 95.2 Å². The van der Waals surface area contributed by atoms with Crippen molar-refractivity contribution in [1.82, 2.24) is 15.1 Å². The second-order valence-corrected chi connectivity index (χ2v) is 4.39. The lowest BCUT2D eigenvalue weighted by atomic mass is 10.1. The predicted molar refractivity (Wildman–Crippen MR) is 63.4 cm³/mol. The summed E-state index contributed by atoms with van der Waals surface area (Å²) in [5, 5.41) is 15.7. The monoisotopic (exact) mass is 238 g/mol. The first-order valence-electron chi connectivity index (χ1n) is 5.95. The van der Waals surface area contributed by atoms with E-state index in [4.69, 9.17) is 5.73 Å². The predicted octanol–water partition coefficient (Wildman–Crippen LogP) is 0.369. The summed E-state index contributed by atoms with van der Waals surface area (Å²) in [7, 11) is 0. The Kier molecular flexibility index (Phi) is 3.63. The number of aromatic amines is 1. The molecular formula is C11H18N4O2. The molecule has 1 fully saturated rings. The Morgan fingerprint density at radius 1 is 1.59 bits per heavy atom. The molecule has 4 N–H and O–H groups in total. The highest BCUT2D eigenvalue weighted by atomic mass is 16.3. The van der Waals surface area contributed by atoms with Crippen LogP contribution in [0.25, 0.3) is 0 Å². The van der Waals surface area contributed by atoms with Crippen LogP contribution in [0, 0.1) is 0 Å². The second kappa shape index (κ2) is 5.18. The molecule has 0 aromatic carbocycles. The van der Waals surface area contributed by atoms with Gasteiger partial charge in [0.05, 0.1) is 12.6 Å². The van der Waals surface area contributed by atoms with Crippen molar-refractivity contribution >= 4 is 11.7 Å². The average Bonchev–Trinajstić information content (AvgIpc) is 2.64. The summed E-state index contributed by atoms with van der Waals surface area (Å²) in [4.78, 5) is 13.9. The van der Waals surface area contributed by atoms with E-state index in [1.165, 1.54) is 6.07 Å². The van der Waals surface area contributed by atoms with Crippen LogP contribution in [0.5, 0.6) is 0 Å². The molecule has 17 heavy (non-hydrogen) atoms. The number of nitrogen functional groups attached to an aromatic ring is 1. The molecule has 1 aliphatic heterocycles. The van der Waals surface area contributed by atoms with Crippen molar-refractivity contribution < 1.29 is 9.90 Å². The smallest absolute Gasteiger partial charge is 0.272 e. The standard InChI is InChI=1S/C11H18N4O2/c12-10-6-9(13-14-10)11(17)15-5-3-1-2-4-8(15)7-16/h6,8,16H,1-5,7H2,(H3,12,13,14). The van der Waals surface area contributed by atoms with Gasteiger partial charge in [0.1, 0.15) is 11.5 Å². The number of anilines is 1. The number of rotatable bonds is 2. The molecule has 0 aliphatic carbocycles. The highest BCUT2D eigenvalue weighted by molar-refractivity contribution is 5.93. The highest BCUT2D eigenvalue weighted by Gasteiger charge is 2.26. The molecule has 0 bridgehead atoms. The van der Waals surface area contributed by atoms with Gasteiger partial charge in [-0.25, -0.2) is 0 Å². The van der Waals surface area contributed by atoms with Crippen molar-refractivity contribution in [2.75, 3.05) is 18.9 Å². The minimum Gasteiger partial charge on any atom is -0.394 e. The maximum Gasteiger partial charge on any atom is 0.272 e.